The van der Waals surface area contributed by atoms with Crippen molar-refractivity contribution in [3.05, 3.63) is 48.0 Å². The summed E-state index contributed by atoms with van der Waals surface area (Å²) in [6.45, 7) is 0. The van der Waals surface area contributed by atoms with Crippen molar-refractivity contribution in [1.82, 2.24) is 0 Å². The van der Waals surface area contributed by atoms with Crippen LogP contribution in [0.15, 0.2) is 42.5 Å². The Kier molecular flexibility index (Phi) is 2.42. The van der Waals surface area contributed by atoms with Gasteiger partial charge in [-0.25, -0.2) is 4.79 Å². The summed E-state index contributed by atoms with van der Waals surface area (Å²) >= 11 is 3.37. The van der Waals surface area contributed by atoms with Crippen molar-refractivity contribution in [2.24, 2.45) is 0 Å². The SMILES string of the molecule is O=C1C=CC(CBr)(c2ccccc2)O1. The molecule has 1 atom stereocenters. The number of cyclic esters (lactones) is 1. The number of rotatable bonds is 2. The number of alkyl halides is 1. The lowest BCUT2D eigenvalue weighted by Crippen LogP contribution is -2.27. The maximum Gasteiger partial charge on any atom is 0.331 e. The monoisotopic (exact) mass is 252 g/mol. The van der Waals surface area contributed by atoms with Gasteiger partial charge >= 0.3 is 5.97 Å². The topological polar surface area (TPSA) is 26.3 Å². The van der Waals surface area contributed by atoms with Gasteiger partial charge < -0.3 is 4.74 Å². The molecule has 0 aromatic heterocycles. The number of hydrogen-bond donors (Lipinski definition) is 0. The Bertz CT molecular complexity index is 372. The molecule has 0 amide bonds. The largest absolute Gasteiger partial charge is 0.446 e. The van der Waals surface area contributed by atoms with Crippen LogP contribution in [0.1, 0.15) is 5.56 Å². The van der Waals surface area contributed by atoms with Crippen LogP contribution in [-0.2, 0) is 15.1 Å². The van der Waals surface area contributed by atoms with Crippen LogP contribution in [0.25, 0.3) is 0 Å². The van der Waals surface area contributed by atoms with Crippen molar-refractivity contribution in [3.63, 3.8) is 0 Å². The number of halogens is 1. The van der Waals surface area contributed by atoms with Crippen molar-refractivity contribution in [3.8, 4) is 0 Å². The molecule has 0 spiro atoms. The average Bonchev–Trinajstić information content (AvgIpc) is 2.63. The van der Waals surface area contributed by atoms with E-state index in [2.05, 4.69) is 15.9 Å². The second-order valence-corrected chi connectivity index (χ2v) is 3.70. The lowest BCUT2D eigenvalue weighted by molar-refractivity contribution is -0.144. The second-order valence-electron chi connectivity index (χ2n) is 3.14. The fourth-order valence-electron chi connectivity index (χ4n) is 1.47. The number of carbonyl (C=O) groups excluding carboxylic acids is 1. The highest BCUT2D eigenvalue weighted by molar-refractivity contribution is 9.09. The van der Waals surface area contributed by atoms with Gasteiger partial charge in [-0.1, -0.05) is 46.3 Å². The van der Waals surface area contributed by atoms with Crippen LogP contribution < -0.4 is 0 Å². The molecular formula is C11H9BrO2. The molecular weight excluding hydrogens is 244 g/mol. The maximum absolute atomic E-state index is 11.1. The van der Waals surface area contributed by atoms with Crippen LogP contribution in [0, 0.1) is 0 Å². The third-order valence-electron chi connectivity index (χ3n) is 2.23. The molecule has 0 saturated carbocycles. The molecule has 0 bridgehead atoms. The molecule has 0 saturated heterocycles. The van der Waals surface area contributed by atoms with Crippen molar-refractivity contribution in [1.29, 1.82) is 0 Å². The molecule has 1 aromatic rings. The van der Waals surface area contributed by atoms with E-state index in [-0.39, 0.29) is 5.97 Å². The van der Waals surface area contributed by atoms with E-state index in [0.717, 1.165) is 5.56 Å². The van der Waals surface area contributed by atoms with Gasteiger partial charge in [0.2, 0.25) is 0 Å². The highest BCUT2D eigenvalue weighted by Gasteiger charge is 2.36. The minimum absolute atomic E-state index is 0.284. The molecule has 1 aromatic carbocycles. The van der Waals surface area contributed by atoms with E-state index < -0.39 is 5.60 Å². The third kappa shape index (κ3) is 1.48. The zero-order valence-electron chi connectivity index (χ0n) is 7.44. The van der Waals surface area contributed by atoms with Crippen molar-refractivity contribution in [2.45, 2.75) is 5.60 Å². The predicted octanol–water partition coefficient (Wildman–Crippen LogP) is 2.39. The first-order valence-electron chi connectivity index (χ1n) is 4.30. The Labute approximate surface area is 90.7 Å². The van der Waals surface area contributed by atoms with Crippen LogP contribution >= 0.6 is 15.9 Å². The first-order valence-corrected chi connectivity index (χ1v) is 5.43. The van der Waals surface area contributed by atoms with Gasteiger partial charge in [0.25, 0.3) is 0 Å². The van der Waals surface area contributed by atoms with Crippen LogP contribution in [0.5, 0.6) is 0 Å². The first-order chi connectivity index (χ1) is 6.77. The molecule has 2 rings (SSSR count). The molecule has 72 valence electrons. The van der Waals surface area contributed by atoms with Crippen molar-refractivity contribution >= 4 is 21.9 Å². The van der Waals surface area contributed by atoms with Gasteiger partial charge in [0.1, 0.15) is 0 Å². The van der Waals surface area contributed by atoms with E-state index in [1.165, 1.54) is 6.08 Å². The van der Waals surface area contributed by atoms with Gasteiger partial charge in [-0.2, -0.15) is 0 Å². The molecule has 0 aliphatic carbocycles. The molecule has 1 aliphatic heterocycles. The molecule has 1 unspecified atom stereocenters. The van der Waals surface area contributed by atoms with Crippen LogP contribution in [0.4, 0.5) is 0 Å². The third-order valence-corrected chi connectivity index (χ3v) is 3.07. The van der Waals surface area contributed by atoms with E-state index >= 15 is 0 Å². The molecule has 0 N–H and O–H groups in total. The summed E-state index contributed by atoms with van der Waals surface area (Å²) < 4.78 is 5.29. The predicted molar refractivity (Wildman–Crippen MR) is 57.1 cm³/mol. The molecule has 3 heteroatoms. The van der Waals surface area contributed by atoms with E-state index in [4.69, 9.17) is 4.74 Å². The van der Waals surface area contributed by atoms with Gasteiger partial charge in [-0.15, -0.1) is 0 Å². The fourth-order valence-corrected chi connectivity index (χ4v) is 2.10. The smallest absolute Gasteiger partial charge is 0.331 e. The van der Waals surface area contributed by atoms with E-state index in [9.17, 15) is 4.79 Å². The van der Waals surface area contributed by atoms with E-state index in [1.807, 2.05) is 30.3 Å². The summed E-state index contributed by atoms with van der Waals surface area (Å²) in [7, 11) is 0. The van der Waals surface area contributed by atoms with Gasteiger partial charge in [-0.05, 0) is 6.08 Å². The van der Waals surface area contributed by atoms with Crippen LogP contribution in [0.2, 0.25) is 0 Å². The zero-order chi connectivity index (χ0) is 10.0. The molecule has 0 fully saturated rings. The van der Waals surface area contributed by atoms with E-state index in [0.29, 0.717) is 5.33 Å². The lowest BCUT2D eigenvalue weighted by Gasteiger charge is -2.24. The second kappa shape index (κ2) is 3.58. The van der Waals surface area contributed by atoms with Crippen molar-refractivity contribution < 1.29 is 9.53 Å². The molecule has 1 heterocycles. The van der Waals surface area contributed by atoms with Gasteiger partial charge in [-0.3, -0.25) is 0 Å². The Hall–Kier alpha value is -1.09. The summed E-state index contributed by atoms with van der Waals surface area (Å²) in [6, 6.07) is 9.69. The van der Waals surface area contributed by atoms with Crippen LogP contribution in [0.3, 0.4) is 0 Å². The maximum atomic E-state index is 11.1. The Morgan fingerprint density at radius 1 is 1.29 bits per heavy atom. The van der Waals surface area contributed by atoms with Gasteiger partial charge in [0, 0.05) is 11.6 Å². The fraction of sp³-hybridized carbons (Fsp3) is 0.182. The summed E-state index contributed by atoms with van der Waals surface area (Å²) in [5.74, 6) is -0.284. The molecule has 14 heavy (non-hydrogen) atoms. The summed E-state index contributed by atoms with van der Waals surface area (Å²) in [4.78, 5) is 11.1. The average molecular weight is 253 g/mol. The first kappa shape index (κ1) is 9.46. The number of esters is 1. The zero-order valence-corrected chi connectivity index (χ0v) is 9.03. The normalized spacial score (nSPS) is 25.1. The summed E-state index contributed by atoms with van der Waals surface area (Å²) in [5.41, 5.74) is 0.372. The Balaban J connectivity index is 2.40. The van der Waals surface area contributed by atoms with Crippen molar-refractivity contribution in [2.75, 3.05) is 5.33 Å². The number of ether oxygens (including phenoxy) is 1. The highest BCUT2D eigenvalue weighted by Crippen LogP contribution is 2.33. The number of benzene rings is 1. The minimum atomic E-state index is -0.613. The number of carbonyl (C=O) groups is 1. The highest BCUT2D eigenvalue weighted by atomic mass is 79.9. The summed E-state index contributed by atoms with van der Waals surface area (Å²) in [5, 5.41) is 0.576. The van der Waals surface area contributed by atoms with Gasteiger partial charge in [0.15, 0.2) is 5.60 Å². The standard InChI is InChI=1S/C11H9BrO2/c12-8-11(7-6-10(13)14-11)9-4-2-1-3-5-9/h1-7H,8H2. The Morgan fingerprint density at radius 2 is 2.00 bits per heavy atom. The molecule has 0 radical (unpaired) electrons. The minimum Gasteiger partial charge on any atom is -0.446 e. The summed E-state index contributed by atoms with van der Waals surface area (Å²) in [6.07, 6.45) is 3.26. The lowest BCUT2D eigenvalue weighted by atomic mass is 9.96. The van der Waals surface area contributed by atoms with E-state index in [1.54, 1.807) is 6.08 Å². The van der Waals surface area contributed by atoms with Gasteiger partial charge in [0.05, 0.1) is 5.33 Å². The Morgan fingerprint density at radius 3 is 2.50 bits per heavy atom. The quantitative estimate of drug-likeness (QED) is 0.597. The molecule has 1 aliphatic rings. The molecule has 2 nitrogen and oxygen atoms in total. The van der Waals surface area contributed by atoms with Crippen LogP contribution in [-0.4, -0.2) is 11.3 Å². The number of hydrogen-bond acceptors (Lipinski definition) is 2.